The summed E-state index contributed by atoms with van der Waals surface area (Å²) in [6.45, 7) is 2.97. The number of hydrogen-bond donors (Lipinski definition) is 1. The van der Waals surface area contributed by atoms with Crippen molar-refractivity contribution in [2.24, 2.45) is 5.92 Å². The first-order chi connectivity index (χ1) is 15.7. The largest absolute Gasteiger partial charge is 0.375 e. The van der Waals surface area contributed by atoms with E-state index in [-0.39, 0.29) is 18.6 Å². The minimum atomic E-state index is -0.109. The van der Waals surface area contributed by atoms with Crippen LogP contribution >= 0.6 is 0 Å². The Balaban J connectivity index is 1.43. The second-order valence-corrected chi connectivity index (χ2v) is 8.43. The second-order valence-electron chi connectivity index (χ2n) is 8.43. The quantitative estimate of drug-likeness (QED) is 0.574. The number of benzene rings is 2. The normalized spacial score (nSPS) is 17.6. The topological polar surface area (TPSA) is 54.5 Å². The van der Waals surface area contributed by atoms with Crippen molar-refractivity contribution in [3.8, 4) is 11.1 Å². The highest BCUT2D eigenvalue weighted by molar-refractivity contribution is 5.77. The SMILES string of the molecule is COCC(=O)NC(c1ccccn1)C1CCCN(Cc2ccc(-c3ccccc3)cc2)C1. The lowest BCUT2D eigenvalue weighted by Gasteiger charge is -2.37. The fourth-order valence-corrected chi connectivity index (χ4v) is 4.54. The number of pyridine rings is 1. The Morgan fingerprint density at radius 3 is 2.53 bits per heavy atom. The number of piperidine rings is 1. The molecule has 1 aromatic heterocycles. The summed E-state index contributed by atoms with van der Waals surface area (Å²) in [5.41, 5.74) is 4.70. The first kappa shape index (κ1) is 22.2. The lowest BCUT2D eigenvalue weighted by Crippen LogP contribution is -2.43. The summed E-state index contributed by atoms with van der Waals surface area (Å²) < 4.78 is 5.03. The van der Waals surface area contributed by atoms with Crippen molar-refractivity contribution in [1.29, 1.82) is 0 Å². The van der Waals surface area contributed by atoms with Gasteiger partial charge in [0.2, 0.25) is 5.91 Å². The van der Waals surface area contributed by atoms with E-state index in [0.717, 1.165) is 38.2 Å². The summed E-state index contributed by atoms with van der Waals surface area (Å²) in [7, 11) is 1.54. The third kappa shape index (κ3) is 5.81. The predicted octanol–water partition coefficient (Wildman–Crippen LogP) is 4.46. The average molecular weight is 430 g/mol. The second kappa shape index (κ2) is 11.0. The van der Waals surface area contributed by atoms with E-state index in [1.807, 2.05) is 24.3 Å². The molecule has 0 saturated carbocycles. The summed E-state index contributed by atoms with van der Waals surface area (Å²) in [6.07, 6.45) is 3.97. The summed E-state index contributed by atoms with van der Waals surface area (Å²) in [4.78, 5) is 19.3. The van der Waals surface area contributed by atoms with Crippen molar-refractivity contribution in [1.82, 2.24) is 15.2 Å². The third-order valence-electron chi connectivity index (χ3n) is 6.08. The van der Waals surface area contributed by atoms with Crippen molar-refractivity contribution in [3.05, 3.63) is 90.3 Å². The van der Waals surface area contributed by atoms with Gasteiger partial charge in [0.25, 0.3) is 0 Å². The maximum Gasteiger partial charge on any atom is 0.246 e. The van der Waals surface area contributed by atoms with E-state index < -0.39 is 0 Å². The Kier molecular flexibility index (Phi) is 7.64. The number of aromatic nitrogens is 1. The maximum atomic E-state index is 12.3. The predicted molar refractivity (Wildman–Crippen MR) is 127 cm³/mol. The number of methoxy groups -OCH3 is 1. The highest BCUT2D eigenvalue weighted by Crippen LogP contribution is 2.30. The minimum absolute atomic E-state index is 0.0630. The van der Waals surface area contributed by atoms with Crippen molar-refractivity contribution in [3.63, 3.8) is 0 Å². The van der Waals surface area contributed by atoms with Gasteiger partial charge >= 0.3 is 0 Å². The molecule has 1 fully saturated rings. The molecule has 2 aromatic carbocycles. The van der Waals surface area contributed by atoms with Crippen LogP contribution in [0, 0.1) is 5.92 Å². The van der Waals surface area contributed by atoms with Crippen LogP contribution in [0.5, 0.6) is 0 Å². The molecule has 0 aliphatic carbocycles. The molecule has 2 heterocycles. The number of likely N-dealkylation sites (tertiary alicyclic amines) is 1. The van der Waals surface area contributed by atoms with Gasteiger partial charge < -0.3 is 10.1 Å². The van der Waals surface area contributed by atoms with Gasteiger partial charge in [0.1, 0.15) is 6.61 Å². The van der Waals surface area contributed by atoms with Crippen LogP contribution in [0.25, 0.3) is 11.1 Å². The number of carbonyl (C=O) groups excluding carboxylic acids is 1. The molecule has 1 N–H and O–H groups in total. The van der Waals surface area contributed by atoms with Crippen molar-refractivity contribution in [2.45, 2.75) is 25.4 Å². The molecule has 1 aliphatic heterocycles. The van der Waals surface area contributed by atoms with E-state index in [4.69, 9.17) is 4.74 Å². The number of amides is 1. The van der Waals surface area contributed by atoms with Crippen molar-refractivity contribution >= 4 is 5.91 Å². The molecule has 4 rings (SSSR count). The minimum Gasteiger partial charge on any atom is -0.375 e. The zero-order valence-electron chi connectivity index (χ0n) is 18.6. The van der Waals surface area contributed by atoms with E-state index in [0.29, 0.717) is 5.92 Å². The highest BCUT2D eigenvalue weighted by atomic mass is 16.5. The fraction of sp³-hybridized carbons (Fsp3) is 0.333. The molecule has 5 heteroatoms. The van der Waals surface area contributed by atoms with E-state index in [2.05, 4.69) is 63.7 Å². The zero-order valence-corrected chi connectivity index (χ0v) is 18.6. The molecule has 1 saturated heterocycles. The zero-order chi connectivity index (χ0) is 22.2. The summed E-state index contributed by atoms with van der Waals surface area (Å²) in [5.74, 6) is 0.208. The Bertz CT molecular complexity index is 977. The van der Waals surface area contributed by atoms with E-state index >= 15 is 0 Å². The smallest absolute Gasteiger partial charge is 0.246 e. The lowest BCUT2D eigenvalue weighted by atomic mass is 9.88. The van der Waals surface area contributed by atoms with Crippen LogP contribution in [-0.4, -0.2) is 42.6 Å². The monoisotopic (exact) mass is 429 g/mol. The van der Waals surface area contributed by atoms with Crippen molar-refractivity contribution < 1.29 is 9.53 Å². The number of carbonyl (C=O) groups is 1. The van der Waals surface area contributed by atoms with Gasteiger partial charge in [-0.2, -0.15) is 0 Å². The molecular weight excluding hydrogens is 398 g/mol. The fourth-order valence-electron chi connectivity index (χ4n) is 4.54. The van der Waals surface area contributed by atoms with Gasteiger partial charge in [-0.15, -0.1) is 0 Å². The van der Waals surface area contributed by atoms with Gasteiger partial charge in [-0.1, -0.05) is 60.7 Å². The Morgan fingerprint density at radius 2 is 1.81 bits per heavy atom. The van der Waals surface area contributed by atoms with Gasteiger partial charge in [0.15, 0.2) is 0 Å². The standard InChI is InChI=1S/C27H31N3O2/c1-32-20-26(31)29-27(25-11-5-6-16-28-25)24-10-7-17-30(19-24)18-21-12-14-23(15-13-21)22-8-3-2-4-9-22/h2-6,8-9,11-16,24,27H,7,10,17-20H2,1H3,(H,29,31). The Morgan fingerprint density at radius 1 is 1.06 bits per heavy atom. The number of hydrogen-bond acceptors (Lipinski definition) is 4. The van der Waals surface area contributed by atoms with Crippen LogP contribution in [0.15, 0.2) is 79.0 Å². The van der Waals surface area contributed by atoms with Gasteiger partial charge in [0.05, 0.1) is 11.7 Å². The van der Waals surface area contributed by atoms with Gasteiger partial charge in [0, 0.05) is 26.4 Å². The average Bonchev–Trinajstić information content (AvgIpc) is 2.84. The van der Waals surface area contributed by atoms with Crippen LogP contribution in [0.2, 0.25) is 0 Å². The first-order valence-corrected chi connectivity index (χ1v) is 11.3. The first-order valence-electron chi connectivity index (χ1n) is 11.3. The molecule has 166 valence electrons. The number of ether oxygens (including phenoxy) is 1. The molecule has 3 aromatic rings. The molecule has 1 amide bonds. The van der Waals surface area contributed by atoms with Crippen LogP contribution in [0.1, 0.15) is 30.1 Å². The summed E-state index contributed by atoms with van der Waals surface area (Å²) in [5, 5.41) is 3.16. The van der Waals surface area contributed by atoms with E-state index in [1.54, 1.807) is 13.3 Å². The summed E-state index contributed by atoms with van der Waals surface area (Å²) >= 11 is 0. The van der Waals surface area contributed by atoms with Crippen LogP contribution in [-0.2, 0) is 16.1 Å². The van der Waals surface area contributed by atoms with Gasteiger partial charge in [-0.05, 0) is 54.1 Å². The van der Waals surface area contributed by atoms with Crippen molar-refractivity contribution in [2.75, 3.05) is 26.8 Å². The van der Waals surface area contributed by atoms with Gasteiger partial charge in [-0.3, -0.25) is 14.7 Å². The maximum absolute atomic E-state index is 12.3. The molecular formula is C27H31N3O2. The van der Waals surface area contributed by atoms with Crippen LogP contribution in [0.4, 0.5) is 0 Å². The van der Waals surface area contributed by atoms with E-state index in [9.17, 15) is 4.79 Å². The molecule has 0 bridgehead atoms. The molecule has 2 atom stereocenters. The number of nitrogens with one attached hydrogen (secondary N) is 1. The summed E-state index contributed by atoms with van der Waals surface area (Å²) in [6, 6.07) is 25.1. The lowest BCUT2D eigenvalue weighted by molar-refractivity contribution is -0.126. The molecule has 5 nitrogen and oxygen atoms in total. The molecule has 2 unspecified atom stereocenters. The van der Waals surface area contributed by atoms with Crippen LogP contribution < -0.4 is 5.32 Å². The van der Waals surface area contributed by atoms with E-state index in [1.165, 1.54) is 16.7 Å². The Labute approximate surface area is 190 Å². The molecule has 0 radical (unpaired) electrons. The molecule has 32 heavy (non-hydrogen) atoms. The molecule has 1 aliphatic rings. The highest BCUT2D eigenvalue weighted by Gasteiger charge is 2.30. The Hall–Kier alpha value is -3.02. The number of nitrogens with zero attached hydrogens (tertiary/aromatic N) is 2. The third-order valence-corrected chi connectivity index (χ3v) is 6.08. The number of rotatable bonds is 8. The van der Waals surface area contributed by atoms with Crippen LogP contribution in [0.3, 0.4) is 0 Å². The molecule has 0 spiro atoms. The van der Waals surface area contributed by atoms with Gasteiger partial charge in [-0.25, -0.2) is 0 Å².